The van der Waals surface area contributed by atoms with Gasteiger partial charge in [0.05, 0.1) is 5.52 Å². The highest BCUT2D eigenvalue weighted by Gasteiger charge is 2.04. The van der Waals surface area contributed by atoms with E-state index in [1.165, 1.54) is 11.1 Å². The Labute approximate surface area is 110 Å². The molecule has 4 heteroatoms. The molecule has 1 N–H and O–H groups in total. The number of benzene rings is 1. The van der Waals surface area contributed by atoms with Crippen molar-refractivity contribution in [2.75, 3.05) is 0 Å². The van der Waals surface area contributed by atoms with Gasteiger partial charge in [0.25, 0.3) is 0 Å². The number of thioether (sulfide) groups is 1. The third-order valence-corrected chi connectivity index (χ3v) is 3.78. The van der Waals surface area contributed by atoms with E-state index < -0.39 is 0 Å². The third kappa shape index (κ3) is 2.24. The largest absolute Gasteiger partial charge is 0.332 e. The summed E-state index contributed by atoms with van der Waals surface area (Å²) in [6, 6.07) is 12.3. The summed E-state index contributed by atoms with van der Waals surface area (Å²) < 4.78 is 0. The van der Waals surface area contributed by atoms with Gasteiger partial charge < -0.3 is 4.98 Å². The second-order valence-electron chi connectivity index (χ2n) is 4.13. The molecule has 2 aromatic heterocycles. The van der Waals surface area contributed by atoms with Crippen LogP contribution in [0, 0.1) is 6.92 Å². The summed E-state index contributed by atoms with van der Waals surface area (Å²) in [7, 11) is 0. The minimum absolute atomic E-state index is 0.782. The fourth-order valence-corrected chi connectivity index (χ4v) is 2.76. The van der Waals surface area contributed by atoms with Crippen molar-refractivity contribution in [2.45, 2.75) is 17.8 Å². The van der Waals surface area contributed by atoms with E-state index in [4.69, 9.17) is 0 Å². The first kappa shape index (κ1) is 11.3. The number of nitrogens with one attached hydrogen (secondary N) is 1. The molecular weight excluding hydrogens is 242 g/mol. The molecule has 0 spiro atoms. The Balaban J connectivity index is 1.79. The van der Waals surface area contributed by atoms with Gasteiger partial charge in [0.15, 0.2) is 10.8 Å². The van der Waals surface area contributed by atoms with Crippen molar-refractivity contribution in [3.8, 4) is 0 Å². The molecule has 18 heavy (non-hydrogen) atoms. The summed E-state index contributed by atoms with van der Waals surface area (Å²) in [5.41, 5.74) is 4.43. The molecule has 0 saturated heterocycles. The highest BCUT2D eigenvalue weighted by atomic mass is 32.2. The van der Waals surface area contributed by atoms with Gasteiger partial charge in [-0.05, 0) is 30.2 Å². The second kappa shape index (κ2) is 4.82. The molecule has 90 valence electrons. The van der Waals surface area contributed by atoms with Crippen LogP contribution in [0.2, 0.25) is 0 Å². The lowest BCUT2D eigenvalue weighted by atomic mass is 10.1. The predicted octanol–water partition coefficient (Wildman–Crippen LogP) is 3.56. The molecule has 0 aliphatic carbocycles. The molecule has 0 saturated carbocycles. The zero-order valence-electron chi connectivity index (χ0n) is 10.1. The number of aromatic nitrogens is 3. The summed E-state index contributed by atoms with van der Waals surface area (Å²) in [5.74, 6) is 0.923. The molecule has 0 atom stereocenters. The van der Waals surface area contributed by atoms with Crippen molar-refractivity contribution in [1.82, 2.24) is 15.0 Å². The van der Waals surface area contributed by atoms with Crippen LogP contribution in [-0.2, 0) is 5.75 Å². The Morgan fingerprint density at radius 1 is 1.17 bits per heavy atom. The van der Waals surface area contributed by atoms with Gasteiger partial charge >= 0.3 is 0 Å². The minimum atomic E-state index is 0.782. The summed E-state index contributed by atoms with van der Waals surface area (Å²) >= 11 is 1.71. The number of hydrogen-bond acceptors (Lipinski definition) is 3. The number of fused-ring (bicyclic) bond motifs is 1. The first-order chi connectivity index (χ1) is 8.83. The Morgan fingerprint density at radius 3 is 2.89 bits per heavy atom. The lowest BCUT2D eigenvalue weighted by Crippen LogP contribution is -1.85. The Kier molecular flexibility index (Phi) is 3.02. The minimum Gasteiger partial charge on any atom is -0.332 e. The predicted molar refractivity (Wildman–Crippen MR) is 74.6 cm³/mol. The monoisotopic (exact) mass is 255 g/mol. The van der Waals surface area contributed by atoms with Gasteiger partial charge in [0, 0.05) is 11.9 Å². The number of aromatic amines is 1. The van der Waals surface area contributed by atoms with E-state index >= 15 is 0 Å². The van der Waals surface area contributed by atoms with Crippen molar-refractivity contribution in [3.63, 3.8) is 0 Å². The van der Waals surface area contributed by atoms with Crippen LogP contribution in [0.1, 0.15) is 11.1 Å². The van der Waals surface area contributed by atoms with Gasteiger partial charge in [-0.1, -0.05) is 36.0 Å². The SMILES string of the molecule is Cc1ccccc1CSc1nc2ncccc2[nH]1. The smallest absolute Gasteiger partial charge is 0.178 e. The van der Waals surface area contributed by atoms with E-state index in [9.17, 15) is 0 Å². The van der Waals surface area contributed by atoms with Crippen molar-refractivity contribution in [2.24, 2.45) is 0 Å². The number of nitrogens with zero attached hydrogens (tertiary/aromatic N) is 2. The van der Waals surface area contributed by atoms with Crippen molar-refractivity contribution in [3.05, 3.63) is 53.7 Å². The maximum Gasteiger partial charge on any atom is 0.178 e. The normalized spacial score (nSPS) is 10.9. The third-order valence-electron chi connectivity index (χ3n) is 2.86. The lowest BCUT2D eigenvalue weighted by molar-refractivity contribution is 1.07. The van der Waals surface area contributed by atoms with Gasteiger partial charge in [-0.15, -0.1) is 0 Å². The molecule has 0 aliphatic rings. The van der Waals surface area contributed by atoms with Crippen LogP contribution < -0.4 is 0 Å². The van der Waals surface area contributed by atoms with Gasteiger partial charge in [0.1, 0.15) is 0 Å². The Bertz CT molecular complexity index is 642. The first-order valence-corrected chi connectivity index (χ1v) is 6.79. The molecular formula is C14H13N3S. The number of hydrogen-bond donors (Lipinski definition) is 1. The fraction of sp³-hybridized carbons (Fsp3) is 0.143. The maximum absolute atomic E-state index is 4.45. The van der Waals surface area contributed by atoms with Gasteiger partial charge in [-0.2, -0.15) is 0 Å². The second-order valence-corrected chi connectivity index (χ2v) is 5.10. The number of imidazole rings is 1. The van der Waals surface area contributed by atoms with Crippen LogP contribution in [-0.4, -0.2) is 15.0 Å². The molecule has 0 aliphatic heterocycles. The summed E-state index contributed by atoms with van der Waals surface area (Å²) in [4.78, 5) is 11.9. The standard InChI is InChI=1S/C14H13N3S/c1-10-5-2-3-6-11(10)9-18-14-16-12-7-4-8-15-13(12)17-14/h2-8H,9H2,1H3,(H,15,16,17). The molecule has 0 radical (unpaired) electrons. The average Bonchev–Trinajstić information content (AvgIpc) is 2.80. The van der Waals surface area contributed by atoms with Crippen LogP contribution in [0.15, 0.2) is 47.8 Å². The number of pyridine rings is 1. The van der Waals surface area contributed by atoms with Crippen LogP contribution in [0.25, 0.3) is 11.2 Å². The van der Waals surface area contributed by atoms with E-state index in [1.807, 2.05) is 12.1 Å². The molecule has 0 bridgehead atoms. The van der Waals surface area contributed by atoms with Gasteiger partial charge in [0.2, 0.25) is 0 Å². The molecule has 0 amide bonds. The van der Waals surface area contributed by atoms with E-state index in [-0.39, 0.29) is 0 Å². The molecule has 1 aromatic carbocycles. The Hall–Kier alpha value is -1.81. The molecule has 0 unspecified atom stereocenters. The molecule has 3 rings (SSSR count). The molecule has 2 heterocycles. The zero-order valence-corrected chi connectivity index (χ0v) is 10.9. The molecule has 3 aromatic rings. The van der Waals surface area contributed by atoms with Crippen LogP contribution >= 0.6 is 11.8 Å². The first-order valence-electron chi connectivity index (χ1n) is 5.81. The van der Waals surface area contributed by atoms with Crippen LogP contribution in [0.5, 0.6) is 0 Å². The topological polar surface area (TPSA) is 41.6 Å². The highest BCUT2D eigenvalue weighted by molar-refractivity contribution is 7.98. The maximum atomic E-state index is 4.45. The lowest BCUT2D eigenvalue weighted by Gasteiger charge is -2.02. The van der Waals surface area contributed by atoms with Crippen molar-refractivity contribution < 1.29 is 0 Å². The number of H-pyrrole nitrogens is 1. The quantitative estimate of drug-likeness (QED) is 0.728. The van der Waals surface area contributed by atoms with E-state index in [2.05, 4.69) is 46.1 Å². The fourth-order valence-electron chi connectivity index (χ4n) is 1.81. The summed E-state index contributed by atoms with van der Waals surface area (Å²) in [6.45, 7) is 2.14. The van der Waals surface area contributed by atoms with E-state index in [0.717, 1.165) is 22.1 Å². The molecule has 3 nitrogen and oxygen atoms in total. The van der Waals surface area contributed by atoms with Crippen molar-refractivity contribution in [1.29, 1.82) is 0 Å². The molecule has 0 fully saturated rings. The summed E-state index contributed by atoms with van der Waals surface area (Å²) in [5, 5.41) is 0.923. The van der Waals surface area contributed by atoms with Crippen LogP contribution in [0.4, 0.5) is 0 Å². The van der Waals surface area contributed by atoms with E-state index in [0.29, 0.717) is 0 Å². The number of rotatable bonds is 3. The number of aryl methyl sites for hydroxylation is 1. The van der Waals surface area contributed by atoms with Gasteiger partial charge in [-0.3, -0.25) is 0 Å². The van der Waals surface area contributed by atoms with Crippen LogP contribution in [0.3, 0.4) is 0 Å². The zero-order chi connectivity index (χ0) is 12.4. The van der Waals surface area contributed by atoms with Crippen molar-refractivity contribution >= 4 is 22.9 Å². The highest BCUT2D eigenvalue weighted by Crippen LogP contribution is 2.23. The Morgan fingerprint density at radius 2 is 2.06 bits per heavy atom. The summed E-state index contributed by atoms with van der Waals surface area (Å²) in [6.07, 6.45) is 1.76. The average molecular weight is 255 g/mol. The van der Waals surface area contributed by atoms with Gasteiger partial charge in [-0.25, -0.2) is 9.97 Å². The van der Waals surface area contributed by atoms with E-state index in [1.54, 1.807) is 18.0 Å².